The molecule has 0 saturated heterocycles. The summed E-state index contributed by atoms with van der Waals surface area (Å²) >= 11 is 0. The van der Waals surface area contributed by atoms with Crippen LogP contribution >= 0.6 is 0 Å². The van der Waals surface area contributed by atoms with Gasteiger partial charge in [0.2, 0.25) is 0 Å². The van der Waals surface area contributed by atoms with Gasteiger partial charge in [0.1, 0.15) is 0 Å². The first kappa shape index (κ1) is 11.2. The smallest absolute Gasteiger partial charge is 0.0624 e. The maximum Gasteiger partial charge on any atom is 0.0624 e. The highest BCUT2D eigenvalue weighted by Gasteiger charge is 2.35. The maximum absolute atomic E-state index is 8.90. The molecule has 84 valence electrons. The molecular weight excluding hydrogens is 194 g/mol. The van der Waals surface area contributed by atoms with E-state index in [4.69, 9.17) is 5.26 Å². The Morgan fingerprint density at radius 2 is 1.88 bits per heavy atom. The summed E-state index contributed by atoms with van der Waals surface area (Å²) < 4.78 is 0. The third-order valence-corrected chi connectivity index (χ3v) is 3.99. The Hall–Kier alpha value is -1.29. The second kappa shape index (κ2) is 5.16. The van der Waals surface area contributed by atoms with Crippen LogP contribution in [0.2, 0.25) is 0 Å². The standard InChI is InChI=1S/C15H19N/c1-2-12-8-9-14(10-11-16)15(12)13-6-4-3-5-7-13/h3-7,12,14-15H,2,8-10H2,1H3. The third-order valence-electron chi connectivity index (χ3n) is 3.99. The molecule has 0 radical (unpaired) electrons. The van der Waals surface area contributed by atoms with Gasteiger partial charge < -0.3 is 0 Å². The van der Waals surface area contributed by atoms with Gasteiger partial charge in [0, 0.05) is 6.42 Å². The first-order valence-electron chi connectivity index (χ1n) is 6.28. The van der Waals surface area contributed by atoms with Crippen LogP contribution in [-0.4, -0.2) is 0 Å². The summed E-state index contributed by atoms with van der Waals surface area (Å²) in [6, 6.07) is 13.1. The predicted octanol–water partition coefficient (Wildman–Crippen LogP) is 4.12. The zero-order valence-corrected chi connectivity index (χ0v) is 9.89. The summed E-state index contributed by atoms with van der Waals surface area (Å²) in [6.45, 7) is 2.27. The van der Waals surface area contributed by atoms with Gasteiger partial charge in [-0.15, -0.1) is 0 Å². The molecule has 1 aromatic rings. The van der Waals surface area contributed by atoms with Gasteiger partial charge in [-0.05, 0) is 36.2 Å². The lowest BCUT2D eigenvalue weighted by molar-refractivity contribution is 0.406. The maximum atomic E-state index is 8.90. The summed E-state index contributed by atoms with van der Waals surface area (Å²) in [4.78, 5) is 0. The van der Waals surface area contributed by atoms with E-state index < -0.39 is 0 Å². The molecule has 0 spiro atoms. The van der Waals surface area contributed by atoms with Crippen molar-refractivity contribution in [2.45, 2.75) is 38.5 Å². The number of benzene rings is 1. The van der Waals surface area contributed by atoms with Crippen molar-refractivity contribution in [3.05, 3.63) is 35.9 Å². The van der Waals surface area contributed by atoms with Gasteiger partial charge in [-0.3, -0.25) is 0 Å². The van der Waals surface area contributed by atoms with E-state index in [9.17, 15) is 0 Å². The van der Waals surface area contributed by atoms with E-state index in [0.717, 1.165) is 12.3 Å². The topological polar surface area (TPSA) is 23.8 Å². The van der Waals surface area contributed by atoms with Crippen LogP contribution in [0.15, 0.2) is 30.3 Å². The summed E-state index contributed by atoms with van der Waals surface area (Å²) in [6.07, 6.45) is 4.48. The Balaban J connectivity index is 2.23. The van der Waals surface area contributed by atoms with Crippen LogP contribution in [0, 0.1) is 23.2 Å². The third kappa shape index (κ3) is 2.11. The van der Waals surface area contributed by atoms with Crippen molar-refractivity contribution < 1.29 is 0 Å². The van der Waals surface area contributed by atoms with E-state index in [0.29, 0.717) is 11.8 Å². The van der Waals surface area contributed by atoms with Gasteiger partial charge in [-0.25, -0.2) is 0 Å². The molecule has 1 fully saturated rings. The highest BCUT2D eigenvalue weighted by molar-refractivity contribution is 5.23. The lowest BCUT2D eigenvalue weighted by Gasteiger charge is -2.23. The van der Waals surface area contributed by atoms with Crippen molar-refractivity contribution in [2.75, 3.05) is 0 Å². The average molecular weight is 213 g/mol. The molecule has 1 aromatic carbocycles. The zero-order chi connectivity index (χ0) is 11.4. The Bertz CT molecular complexity index is 363. The minimum Gasteiger partial charge on any atom is -0.198 e. The zero-order valence-electron chi connectivity index (χ0n) is 9.89. The molecule has 0 aliphatic heterocycles. The molecule has 0 bridgehead atoms. The van der Waals surface area contributed by atoms with E-state index in [1.54, 1.807) is 0 Å². The van der Waals surface area contributed by atoms with Gasteiger partial charge in [0.05, 0.1) is 6.07 Å². The van der Waals surface area contributed by atoms with Gasteiger partial charge in [0.25, 0.3) is 0 Å². The van der Waals surface area contributed by atoms with Crippen LogP contribution in [0.1, 0.15) is 44.1 Å². The van der Waals surface area contributed by atoms with Crippen LogP contribution in [0.3, 0.4) is 0 Å². The van der Waals surface area contributed by atoms with E-state index in [2.05, 4.69) is 43.3 Å². The summed E-state index contributed by atoms with van der Waals surface area (Å²) in [5.41, 5.74) is 1.44. The molecule has 3 atom stereocenters. The molecule has 0 heterocycles. The van der Waals surface area contributed by atoms with Crippen molar-refractivity contribution >= 4 is 0 Å². The van der Waals surface area contributed by atoms with E-state index >= 15 is 0 Å². The van der Waals surface area contributed by atoms with Crippen molar-refractivity contribution in [3.63, 3.8) is 0 Å². The minimum atomic E-state index is 0.581. The van der Waals surface area contributed by atoms with Crippen molar-refractivity contribution in [1.82, 2.24) is 0 Å². The van der Waals surface area contributed by atoms with Crippen LogP contribution in [0.5, 0.6) is 0 Å². The van der Waals surface area contributed by atoms with E-state index in [1.807, 2.05) is 0 Å². The first-order valence-corrected chi connectivity index (χ1v) is 6.28. The fourth-order valence-corrected chi connectivity index (χ4v) is 3.20. The Morgan fingerprint density at radius 1 is 1.19 bits per heavy atom. The predicted molar refractivity (Wildman–Crippen MR) is 65.9 cm³/mol. The summed E-state index contributed by atoms with van der Waals surface area (Å²) in [7, 11) is 0. The number of rotatable bonds is 3. The number of hydrogen-bond acceptors (Lipinski definition) is 1. The van der Waals surface area contributed by atoms with Crippen LogP contribution in [0.4, 0.5) is 0 Å². The van der Waals surface area contributed by atoms with Gasteiger partial charge in [-0.2, -0.15) is 5.26 Å². The monoisotopic (exact) mass is 213 g/mol. The molecule has 0 amide bonds. The van der Waals surface area contributed by atoms with Crippen molar-refractivity contribution in [1.29, 1.82) is 5.26 Å². The second-order valence-corrected chi connectivity index (χ2v) is 4.80. The molecule has 2 rings (SSSR count). The number of nitrogens with zero attached hydrogens (tertiary/aromatic N) is 1. The largest absolute Gasteiger partial charge is 0.198 e. The molecule has 0 N–H and O–H groups in total. The lowest BCUT2D eigenvalue weighted by Crippen LogP contribution is -2.12. The Labute approximate surface area is 98.1 Å². The molecule has 1 heteroatoms. The number of nitriles is 1. The number of hydrogen-bond donors (Lipinski definition) is 0. The first-order chi connectivity index (χ1) is 7.86. The normalized spacial score (nSPS) is 28.9. The van der Waals surface area contributed by atoms with Crippen molar-refractivity contribution in [3.8, 4) is 6.07 Å². The average Bonchev–Trinajstić information content (AvgIpc) is 2.74. The fourth-order valence-electron chi connectivity index (χ4n) is 3.20. The quantitative estimate of drug-likeness (QED) is 0.741. The van der Waals surface area contributed by atoms with E-state index in [-0.39, 0.29) is 0 Å². The second-order valence-electron chi connectivity index (χ2n) is 4.80. The van der Waals surface area contributed by atoms with E-state index in [1.165, 1.54) is 24.8 Å². The molecule has 3 unspecified atom stereocenters. The molecular formula is C15H19N. The summed E-state index contributed by atoms with van der Waals surface area (Å²) in [5, 5.41) is 8.90. The van der Waals surface area contributed by atoms with Gasteiger partial charge in [0.15, 0.2) is 0 Å². The van der Waals surface area contributed by atoms with Crippen LogP contribution < -0.4 is 0 Å². The fraction of sp³-hybridized carbons (Fsp3) is 0.533. The van der Waals surface area contributed by atoms with Gasteiger partial charge >= 0.3 is 0 Å². The molecule has 1 aliphatic rings. The summed E-state index contributed by atoms with van der Waals surface area (Å²) in [5.74, 6) is 1.98. The molecule has 0 aromatic heterocycles. The molecule has 16 heavy (non-hydrogen) atoms. The van der Waals surface area contributed by atoms with Crippen molar-refractivity contribution in [2.24, 2.45) is 11.8 Å². The minimum absolute atomic E-state index is 0.581. The molecule has 1 saturated carbocycles. The highest BCUT2D eigenvalue weighted by Crippen LogP contribution is 2.46. The van der Waals surface area contributed by atoms with Crippen LogP contribution in [0.25, 0.3) is 0 Å². The SMILES string of the molecule is CCC1CCC(CC#N)C1c1ccccc1. The molecule has 1 nitrogen and oxygen atoms in total. The molecule has 1 aliphatic carbocycles. The Morgan fingerprint density at radius 3 is 2.50 bits per heavy atom. The van der Waals surface area contributed by atoms with Crippen LogP contribution in [-0.2, 0) is 0 Å². The Kier molecular flexibility index (Phi) is 3.62. The lowest BCUT2D eigenvalue weighted by atomic mass is 9.81. The highest BCUT2D eigenvalue weighted by atomic mass is 14.4. The van der Waals surface area contributed by atoms with Gasteiger partial charge in [-0.1, -0.05) is 43.7 Å².